The highest BCUT2D eigenvalue weighted by molar-refractivity contribution is 5.94. The van der Waals surface area contributed by atoms with Crippen LogP contribution in [-0.4, -0.2) is 52.5 Å². The molecule has 0 N–H and O–H groups in total. The fraction of sp³-hybridized carbons (Fsp3) is 0.478. The molecule has 1 amide bonds. The first-order chi connectivity index (χ1) is 13.6. The van der Waals surface area contributed by atoms with E-state index in [1.54, 1.807) is 12.4 Å². The van der Waals surface area contributed by atoms with Crippen molar-refractivity contribution in [3.8, 4) is 0 Å². The third-order valence-electron chi connectivity index (χ3n) is 5.71. The third kappa shape index (κ3) is 4.26. The van der Waals surface area contributed by atoms with E-state index in [2.05, 4.69) is 35.9 Å². The van der Waals surface area contributed by atoms with Crippen LogP contribution < -0.4 is 0 Å². The maximum atomic E-state index is 13.1. The second kappa shape index (κ2) is 8.41. The number of nitrogens with zero attached hydrogens (tertiary/aromatic N) is 3. The molecule has 0 saturated carbocycles. The highest BCUT2D eigenvalue weighted by Gasteiger charge is 2.30. The molecule has 1 aromatic carbocycles. The first-order valence-corrected chi connectivity index (χ1v) is 10.3. The van der Waals surface area contributed by atoms with Crippen LogP contribution >= 0.6 is 0 Å². The Balaban J connectivity index is 1.42. The average molecular weight is 380 g/mol. The third-order valence-corrected chi connectivity index (χ3v) is 5.71. The van der Waals surface area contributed by atoms with Gasteiger partial charge in [0.2, 0.25) is 0 Å². The topological polar surface area (TPSA) is 45.7 Å². The number of morpholine rings is 1. The number of likely N-dealkylation sites (tertiary alicyclic amines) is 1. The van der Waals surface area contributed by atoms with Gasteiger partial charge in [-0.25, -0.2) is 0 Å². The SMILES string of the molecule is C[C@@H]1CN(Cc2ccc(C(=O)N3CCC[C@H]3c3ccncc3)cc2)C[C@H](C)O1. The first-order valence-electron chi connectivity index (χ1n) is 10.3. The number of aromatic nitrogens is 1. The van der Waals surface area contributed by atoms with Crippen LogP contribution in [0.25, 0.3) is 0 Å². The average Bonchev–Trinajstić information content (AvgIpc) is 3.18. The summed E-state index contributed by atoms with van der Waals surface area (Å²) in [4.78, 5) is 21.6. The molecule has 28 heavy (non-hydrogen) atoms. The van der Waals surface area contributed by atoms with Crippen LogP contribution in [0.1, 0.15) is 54.2 Å². The van der Waals surface area contributed by atoms with Gasteiger partial charge in [-0.15, -0.1) is 0 Å². The van der Waals surface area contributed by atoms with Crippen molar-refractivity contribution in [2.75, 3.05) is 19.6 Å². The van der Waals surface area contributed by atoms with Gasteiger partial charge in [-0.3, -0.25) is 14.7 Å². The van der Waals surface area contributed by atoms with Gasteiger partial charge in [0.1, 0.15) is 0 Å². The fourth-order valence-corrected chi connectivity index (χ4v) is 4.53. The van der Waals surface area contributed by atoms with Crippen LogP contribution in [0.3, 0.4) is 0 Å². The molecule has 2 aliphatic heterocycles. The van der Waals surface area contributed by atoms with Crippen LogP contribution in [0.15, 0.2) is 48.8 Å². The minimum Gasteiger partial charge on any atom is -0.373 e. The molecule has 0 aliphatic carbocycles. The Morgan fingerprint density at radius 1 is 1.07 bits per heavy atom. The maximum Gasteiger partial charge on any atom is 0.254 e. The minimum absolute atomic E-state index is 0.125. The quantitative estimate of drug-likeness (QED) is 0.813. The molecule has 0 spiro atoms. The van der Waals surface area contributed by atoms with E-state index in [4.69, 9.17) is 4.74 Å². The van der Waals surface area contributed by atoms with E-state index in [1.165, 1.54) is 11.1 Å². The van der Waals surface area contributed by atoms with E-state index in [9.17, 15) is 4.79 Å². The highest BCUT2D eigenvalue weighted by atomic mass is 16.5. The number of carbonyl (C=O) groups is 1. The van der Waals surface area contributed by atoms with E-state index in [-0.39, 0.29) is 24.2 Å². The monoisotopic (exact) mass is 379 g/mol. The zero-order valence-electron chi connectivity index (χ0n) is 16.8. The molecule has 148 valence electrons. The Kier molecular flexibility index (Phi) is 5.74. The molecule has 0 bridgehead atoms. The van der Waals surface area contributed by atoms with Gasteiger partial charge in [0.25, 0.3) is 5.91 Å². The van der Waals surface area contributed by atoms with Gasteiger partial charge in [-0.1, -0.05) is 12.1 Å². The number of carbonyl (C=O) groups excluding carboxylic acids is 1. The number of benzene rings is 1. The summed E-state index contributed by atoms with van der Waals surface area (Å²) in [6, 6.07) is 12.3. The van der Waals surface area contributed by atoms with Gasteiger partial charge in [0.05, 0.1) is 18.2 Å². The van der Waals surface area contributed by atoms with Gasteiger partial charge in [-0.05, 0) is 62.1 Å². The zero-order chi connectivity index (χ0) is 19.5. The van der Waals surface area contributed by atoms with Crippen LogP contribution in [-0.2, 0) is 11.3 Å². The van der Waals surface area contributed by atoms with Crippen LogP contribution in [0.2, 0.25) is 0 Å². The molecule has 5 heteroatoms. The number of amides is 1. The van der Waals surface area contributed by atoms with Gasteiger partial charge in [0, 0.05) is 44.1 Å². The van der Waals surface area contributed by atoms with Crippen molar-refractivity contribution < 1.29 is 9.53 Å². The number of pyridine rings is 1. The second-order valence-corrected chi connectivity index (χ2v) is 8.09. The van der Waals surface area contributed by atoms with Gasteiger partial charge in [0.15, 0.2) is 0 Å². The Labute approximate surface area is 167 Å². The van der Waals surface area contributed by atoms with E-state index in [1.807, 2.05) is 29.2 Å². The summed E-state index contributed by atoms with van der Waals surface area (Å²) in [6.45, 7) is 7.87. The molecule has 1 aromatic heterocycles. The molecule has 2 saturated heterocycles. The number of hydrogen-bond donors (Lipinski definition) is 0. The van der Waals surface area contributed by atoms with Crippen molar-refractivity contribution >= 4 is 5.91 Å². The van der Waals surface area contributed by atoms with E-state index in [0.29, 0.717) is 0 Å². The van der Waals surface area contributed by atoms with Crippen LogP contribution in [0, 0.1) is 0 Å². The summed E-state index contributed by atoms with van der Waals surface area (Å²) in [5.74, 6) is 0.125. The molecular weight excluding hydrogens is 350 g/mol. The largest absolute Gasteiger partial charge is 0.373 e. The van der Waals surface area contributed by atoms with Gasteiger partial charge >= 0.3 is 0 Å². The van der Waals surface area contributed by atoms with Gasteiger partial charge < -0.3 is 9.64 Å². The Hall–Kier alpha value is -2.24. The van der Waals surface area contributed by atoms with Crippen molar-refractivity contribution in [1.29, 1.82) is 0 Å². The Morgan fingerprint density at radius 2 is 1.75 bits per heavy atom. The lowest BCUT2D eigenvalue weighted by Gasteiger charge is -2.35. The summed E-state index contributed by atoms with van der Waals surface area (Å²) in [5, 5.41) is 0. The molecular formula is C23H29N3O2. The second-order valence-electron chi connectivity index (χ2n) is 8.09. The molecule has 0 radical (unpaired) electrons. The minimum atomic E-state index is 0.125. The lowest BCUT2D eigenvalue weighted by molar-refractivity contribution is -0.0704. The van der Waals surface area contributed by atoms with E-state index in [0.717, 1.165) is 44.6 Å². The highest BCUT2D eigenvalue weighted by Crippen LogP contribution is 2.32. The smallest absolute Gasteiger partial charge is 0.254 e. The fourth-order valence-electron chi connectivity index (χ4n) is 4.53. The van der Waals surface area contributed by atoms with Gasteiger partial charge in [-0.2, -0.15) is 0 Å². The molecule has 3 atom stereocenters. The van der Waals surface area contributed by atoms with Crippen LogP contribution in [0.4, 0.5) is 0 Å². The molecule has 2 aliphatic rings. The molecule has 4 rings (SSSR count). The summed E-state index contributed by atoms with van der Waals surface area (Å²) in [5.41, 5.74) is 3.19. The van der Waals surface area contributed by atoms with Crippen molar-refractivity contribution in [3.63, 3.8) is 0 Å². The number of rotatable bonds is 4. The Bertz CT molecular complexity index is 783. The van der Waals surface area contributed by atoms with Crippen molar-refractivity contribution in [3.05, 3.63) is 65.5 Å². The first kappa shape index (κ1) is 19.1. The molecule has 2 fully saturated rings. The summed E-state index contributed by atoms with van der Waals surface area (Å²) < 4.78 is 5.81. The number of hydrogen-bond acceptors (Lipinski definition) is 4. The Morgan fingerprint density at radius 3 is 2.43 bits per heavy atom. The van der Waals surface area contributed by atoms with Crippen molar-refractivity contribution in [1.82, 2.24) is 14.8 Å². The van der Waals surface area contributed by atoms with E-state index >= 15 is 0 Å². The number of ether oxygens (including phenoxy) is 1. The van der Waals surface area contributed by atoms with Crippen molar-refractivity contribution in [2.24, 2.45) is 0 Å². The predicted molar refractivity (Wildman–Crippen MR) is 109 cm³/mol. The normalized spacial score (nSPS) is 25.8. The predicted octanol–water partition coefficient (Wildman–Crippen LogP) is 3.67. The summed E-state index contributed by atoms with van der Waals surface area (Å²) >= 11 is 0. The zero-order valence-corrected chi connectivity index (χ0v) is 16.8. The molecule has 3 heterocycles. The molecule has 2 aromatic rings. The summed E-state index contributed by atoms with van der Waals surface area (Å²) in [6.07, 6.45) is 6.21. The summed E-state index contributed by atoms with van der Waals surface area (Å²) in [7, 11) is 0. The lowest BCUT2D eigenvalue weighted by atomic mass is 10.0. The molecule has 5 nitrogen and oxygen atoms in total. The van der Waals surface area contributed by atoms with Crippen molar-refractivity contribution in [2.45, 2.75) is 51.5 Å². The van der Waals surface area contributed by atoms with E-state index < -0.39 is 0 Å². The van der Waals surface area contributed by atoms with Crippen LogP contribution in [0.5, 0.6) is 0 Å². The molecule has 0 unspecified atom stereocenters. The lowest BCUT2D eigenvalue weighted by Crippen LogP contribution is -2.44. The standard InChI is InChI=1S/C23H29N3O2/c1-17-14-25(15-18(2)28-17)16-19-5-7-21(8-6-19)23(27)26-13-3-4-22(26)20-9-11-24-12-10-20/h5-12,17-18,22H,3-4,13-16H2,1-2H3/t17-,18+,22-/m0/s1. The maximum absolute atomic E-state index is 13.1.